The molecular formula is C30H29NO4S. The van der Waals surface area contributed by atoms with Crippen molar-refractivity contribution in [2.75, 3.05) is 11.9 Å². The van der Waals surface area contributed by atoms with Gasteiger partial charge in [-0.3, -0.25) is 4.79 Å². The molecule has 3 aromatic carbocycles. The van der Waals surface area contributed by atoms with E-state index in [1.165, 1.54) is 11.3 Å². The van der Waals surface area contributed by atoms with E-state index in [0.717, 1.165) is 16.9 Å². The van der Waals surface area contributed by atoms with Gasteiger partial charge in [-0.1, -0.05) is 63.2 Å². The third-order valence-electron chi connectivity index (χ3n) is 5.65. The molecule has 0 saturated carbocycles. The minimum absolute atomic E-state index is 0.00355. The lowest BCUT2D eigenvalue weighted by Crippen LogP contribution is -2.16. The van der Waals surface area contributed by atoms with Crippen LogP contribution in [0.4, 0.5) is 5.00 Å². The van der Waals surface area contributed by atoms with Gasteiger partial charge in [-0.05, 0) is 59.9 Å². The molecule has 0 aliphatic carbocycles. The number of rotatable bonds is 7. The summed E-state index contributed by atoms with van der Waals surface area (Å²) < 4.78 is 11.2. The van der Waals surface area contributed by atoms with E-state index in [0.29, 0.717) is 27.4 Å². The molecule has 1 heterocycles. The average Bonchev–Trinajstić information content (AvgIpc) is 3.28. The Morgan fingerprint density at radius 1 is 0.861 bits per heavy atom. The number of anilines is 1. The quantitative estimate of drug-likeness (QED) is 0.262. The molecule has 0 aliphatic heterocycles. The second-order valence-electron chi connectivity index (χ2n) is 9.29. The van der Waals surface area contributed by atoms with E-state index in [-0.39, 0.29) is 17.9 Å². The number of esters is 1. The summed E-state index contributed by atoms with van der Waals surface area (Å²) in [6.07, 6.45) is 0. The first-order valence-corrected chi connectivity index (χ1v) is 12.7. The SMILES string of the molecule is CCOC(=O)c1c(-c2ccc(Oc3ccccc3)cc2)csc1NC(=O)c1ccc(C(C)(C)C)cc1. The molecule has 0 radical (unpaired) electrons. The number of carbonyl (C=O) groups excluding carboxylic acids is 2. The second-order valence-corrected chi connectivity index (χ2v) is 10.2. The predicted octanol–water partition coefficient (Wildman–Crippen LogP) is 7.93. The molecule has 5 nitrogen and oxygen atoms in total. The molecule has 1 amide bonds. The Hall–Kier alpha value is -3.90. The zero-order valence-corrected chi connectivity index (χ0v) is 21.6. The summed E-state index contributed by atoms with van der Waals surface area (Å²) in [5, 5.41) is 5.23. The number of hydrogen-bond acceptors (Lipinski definition) is 5. The molecular weight excluding hydrogens is 470 g/mol. The number of hydrogen-bond donors (Lipinski definition) is 1. The standard InChI is InChI=1S/C30H29NO4S/c1-5-34-29(33)26-25(20-13-17-24(18-14-20)35-23-9-7-6-8-10-23)19-36-28(26)31-27(32)21-11-15-22(16-12-21)30(2,3)4/h6-19H,5H2,1-4H3,(H,31,32). The summed E-state index contributed by atoms with van der Waals surface area (Å²) in [7, 11) is 0. The fraction of sp³-hybridized carbons (Fsp3) is 0.200. The van der Waals surface area contributed by atoms with Crippen molar-refractivity contribution in [3.05, 3.63) is 101 Å². The molecule has 1 aromatic heterocycles. The first-order valence-electron chi connectivity index (χ1n) is 11.8. The van der Waals surface area contributed by atoms with E-state index in [1.807, 2.05) is 72.1 Å². The van der Waals surface area contributed by atoms with Gasteiger partial charge >= 0.3 is 5.97 Å². The number of benzene rings is 3. The van der Waals surface area contributed by atoms with Crippen molar-refractivity contribution < 1.29 is 19.1 Å². The lowest BCUT2D eigenvalue weighted by molar-refractivity contribution is 0.0529. The molecule has 184 valence electrons. The van der Waals surface area contributed by atoms with Gasteiger partial charge in [0, 0.05) is 16.5 Å². The van der Waals surface area contributed by atoms with E-state index in [9.17, 15) is 9.59 Å². The normalized spacial score (nSPS) is 11.1. The molecule has 0 saturated heterocycles. The number of ether oxygens (including phenoxy) is 2. The molecule has 0 atom stereocenters. The Kier molecular flexibility index (Phi) is 7.55. The molecule has 0 bridgehead atoms. The van der Waals surface area contributed by atoms with Crippen LogP contribution in [0.15, 0.2) is 84.2 Å². The first-order chi connectivity index (χ1) is 17.3. The molecule has 1 N–H and O–H groups in total. The Morgan fingerprint density at radius 3 is 2.11 bits per heavy atom. The maximum absolute atomic E-state index is 13.0. The lowest BCUT2D eigenvalue weighted by Gasteiger charge is -2.19. The zero-order chi connectivity index (χ0) is 25.7. The van der Waals surface area contributed by atoms with Gasteiger partial charge in [0.1, 0.15) is 22.1 Å². The van der Waals surface area contributed by atoms with E-state index in [2.05, 4.69) is 26.1 Å². The Morgan fingerprint density at radius 2 is 1.50 bits per heavy atom. The van der Waals surface area contributed by atoms with Gasteiger partial charge in [0.15, 0.2) is 0 Å². The van der Waals surface area contributed by atoms with E-state index < -0.39 is 5.97 Å². The van der Waals surface area contributed by atoms with Crippen molar-refractivity contribution in [1.82, 2.24) is 0 Å². The third-order valence-corrected chi connectivity index (χ3v) is 6.55. The zero-order valence-electron chi connectivity index (χ0n) is 20.8. The van der Waals surface area contributed by atoms with Crippen molar-refractivity contribution >= 4 is 28.2 Å². The number of carbonyl (C=O) groups is 2. The van der Waals surface area contributed by atoms with Crippen LogP contribution in [0.25, 0.3) is 11.1 Å². The Labute approximate surface area is 215 Å². The van der Waals surface area contributed by atoms with Crippen LogP contribution in [-0.2, 0) is 10.2 Å². The van der Waals surface area contributed by atoms with Crippen LogP contribution in [-0.4, -0.2) is 18.5 Å². The van der Waals surface area contributed by atoms with Gasteiger partial charge in [-0.25, -0.2) is 4.79 Å². The summed E-state index contributed by atoms with van der Waals surface area (Å²) in [5.41, 5.74) is 3.53. The molecule has 0 unspecified atom stereocenters. The fourth-order valence-corrected chi connectivity index (χ4v) is 4.64. The first kappa shape index (κ1) is 25.2. The van der Waals surface area contributed by atoms with Crippen molar-refractivity contribution in [2.45, 2.75) is 33.1 Å². The molecule has 4 rings (SSSR count). The van der Waals surface area contributed by atoms with Crippen LogP contribution in [0.3, 0.4) is 0 Å². The van der Waals surface area contributed by atoms with Gasteiger partial charge in [0.25, 0.3) is 5.91 Å². The summed E-state index contributed by atoms with van der Waals surface area (Å²) in [5.74, 6) is 0.677. The highest BCUT2D eigenvalue weighted by atomic mass is 32.1. The van der Waals surface area contributed by atoms with Crippen LogP contribution < -0.4 is 10.1 Å². The smallest absolute Gasteiger partial charge is 0.341 e. The van der Waals surface area contributed by atoms with Gasteiger partial charge in [0.05, 0.1) is 6.61 Å². The molecule has 0 aliphatic rings. The van der Waals surface area contributed by atoms with Crippen LogP contribution >= 0.6 is 11.3 Å². The number of thiophene rings is 1. The van der Waals surface area contributed by atoms with E-state index in [4.69, 9.17) is 9.47 Å². The van der Waals surface area contributed by atoms with E-state index >= 15 is 0 Å². The highest BCUT2D eigenvalue weighted by molar-refractivity contribution is 7.15. The van der Waals surface area contributed by atoms with Crippen molar-refractivity contribution in [2.24, 2.45) is 0 Å². The molecule has 4 aromatic rings. The van der Waals surface area contributed by atoms with Crippen molar-refractivity contribution in [1.29, 1.82) is 0 Å². The topological polar surface area (TPSA) is 64.6 Å². The van der Waals surface area contributed by atoms with Crippen LogP contribution in [0.5, 0.6) is 11.5 Å². The van der Waals surface area contributed by atoms with Gasteiger partial charge in [-0.15, -0.1) is 11.3 Å². The van der Waals surface area contributed by atoms with Crippen LogP contribution in [0.1, 0.15) is 54.0 Å². The van der Waals surface area contributed by atoms with Crippen LogP contribution in [0, 0.1) is 0 Å². The maximum Gasteiger partial charge on any atom is 0.341 e. The third kappa shape index (κ3) is 5.83. The van der Waals surface area contributed by atoms with Gasteiger partial charge < -0.3 is 14.8 Å². The van der Waals surface area contributed by atoms with Crippen LogP contribution in [0.2, 0.25) is 0 Å². The van der Waals surface area contributed by atoms with Gasteiger partial charge in [-0.2, -0.15) is 0 Å². The fourth-order valence-electron chi connectivity index (χ4n) is 3.69. The highest BCUT2D eigenvalue weighted by Gasteiger charge is 2.23. The summed E-state index contributed by atoms with van der Waals surface area (Å²) in [4.78, 5) is 25.9. The minimum Gasteiger partial charge on any atom is -0.462 e. The average molecular weight is 500 g/mol. The summed E-state index contributed by atoms with van der Waals surface area (Å²) in [6.45, 7) is 8.37. The molecule has 36 heavy (non-hydrogen) atoms. The monoisotopic (exact) mass is 499 g/mol. The Bertz CT molecular complexity index is 1330. The maximum atomic E-state index is 13.0. The molecule has 6 heteroatoms. The number of nitrogens with one attached hydrogen (secondary N) is 1. The van der Waals surface area contributed by atoms with Gasteiger partial charge in [0.2, 0.25) is 0 Å². The lowest BCUT2D eigenvalue weighted by atomic mass is 9.87. The number of para-hydroxylation sites is 1. The highest BCUT2D eigenvalue weighted by Crippen LogP contribution is 2.37. The van der Waals surface area contributed by atoms with E-state index in [1.54, 1.807) is 19.1 Å². The van der Waals surface area contributed by atoms with Crippen molar-refractivity contribution in [3.63, 3.8) is 0 Å². The predicted molar refractivity (Wildman–Crippen MR) is 145 cm³/mol. The largest absolute Gasteiger partial charge is 0.462 e. The summed E-state index contributed by atoms with van der Waals surface area (Å²) in [6, 6.07) is 24.5. The van der Waals surface area contributed by atoms with Crippen molar-refractivity contribution in [3.8, 4) is 22.6 Å². The second kappa shape index (κ2) is 10.8. The number of amides is 1. The Balaban J connectivity index is 1.59. The summed E-state index contributed by atoms with van der Waals surface area (Å²) >= 11 is 1.30. The molecule has 0 fully saturated rings. The molecule has 0 spiro atoms. The minimum atomic E-state index is -0.475.